The first-order valence-electron chi connectivity index (χ1n) is 7.31. The van der Waals surface area contributed by atoms with Gasteiger partial charge >= 0.3 is 0 Å². The molecule has 21 heavy (non-hydrogen) atoms. The van der Waals surface area contributed by atoms with Gasteiger partial charge in [0.25, 0.3) is 0 Å². The van der Waals surface area contributed by atoms with Crippen LogP contribution in [0.25, 0.3) is 10.9 Å². The van der Waals surface area contributed by atoms with Gasteiger partial charge in [0.2, 0.25) is 0 Å². The second-order valence-corrected chi connectivity index (χ2v) is 6.49. The Morgan fingerprint density at radius 1 is 1.24 bits per heavy atom. The molecule has 2 aromatic heterocycles. The first-order valence-corrected chi connectivity index (χ1v) is 8.19. The fourth-order valence-corrected chi connectivity index (χ4v) is 3.48. The number of nitrogens with zero attached hydrogens (tertiary/aromatic N) is 2. The van der Waals surface area contributed by atoms with Crippen LogP contribution < -0.4 is 5.32 Å². The van der Waals surface area contributed by atoms with Crippen molar-refractivity contribution in [2.75, 3.05) is 6.54 Å². The van der Waals surface area contributed by atoms with E-state index >= 15 is 0 Å². The lowest BCUT2D eigenvalue weighted by Crippen LogP contribution is -2.19. The summed E-state index contributed by atoms with van der Waals surface area (Å²) in [6.07, 6.45) is 0.993. The van der Waals surface area contributed by atoms with Gasteiger partial charge in [-0.2, -0.15) is 0 Å². The Labute approximate surface area is 129 Å². The molecule has 0 aliphatic carbocycles. The number of benzene rings is 1. The highest BCUT2D eigenvalue weighted by Crippen LogP contribution is 2.24. The van der Waals surface area contributed by atoms with Crippen molar-refractivity contribution in [3.05, 3.63) is 51.6 Å². The van der Waals surface area contributed by atoms with Gasteiger partial charge in [-0.3, -0.25) is 0 Å². The third-order valence-electron chi connectivity index (χ3n) is 4.02. The van der Waals surface area contributed by atoms with Gasteiger partial charge in [0.05, 0.1) is 10.7 Å². The lowest BCUT2D eigenvalue weighted by molar-refractivity contribution is 0.650. The van der Waals surface area contributed by atoms with E-state index in [1.165, 1.54) is 27.9 Å². The van der Waals surface area contributed by atoms with Gasteiger partial charge in [-0.25, -0.2) is 4.98 Å². The quantitative estimate of drug-likeness (QED) is 0.730. The van der Waals surface area contributed by atoms with E-state index in [0.29, 0.717) is 0 Å². The van der Waals surface area contributed by atoms with Crippen LogP contribution in [-0.4, -0.2) is 16.1 Å². The van der Waals surface area contributed by atoms with E-state index in [9.17, 15) is 0 Å². The molecule has 4 heteroatoms. The lowest BCUT2D eigenvalue weighted by Gasteiger charge is -2.07. The average Bonchev–Trinajstić information content (AvgIpc) is 3.00. The molecule has 0 saturated heterocycles. The molecule has 2 heterocycles. The first-order chi connectivity index (χ1) is 10.2. The number of aryl methyl sites for hydroxylation is 3. The number of aromatic nitrogens is 2. The van der Waals surface area contributed by atoms with Gasteiger partial charge in [-0.05, 0) is 25.5 Å². The standard InChI is InChI=1S/C17H21N3S/c1-12-15-6-4-5-7-16(15)20(3)17(12)10-18-9-8-14-11-21-13(2)19-14/h4-7,11,18H,8-10H2,1-3H3. The average molecular weight is 299 g/mol. The summed E-state index contributed by atoms with van der Waals surface area (Å²) in [6.45, 7) is 6.13. The van der Waals surface area contributed by atoms with Gasteiger partial charge in [0.1, 0.15) is 0 Å². The smallest absolute Gasteiger partial charge is 0.0897 e. The predicted octanol–water partition coefficient (Wildman–Crippen LogP) is 3.58. The number of nitrogens with one attached hydrogen (secondary N) is 1. The summed E-state index contributed by atoms with van der Waals surface area (Å²) in [6, 6.07) is 8.59. The zero-order valence-electron chi connectivity index (χ0n) is 12.8. The second kappa shape index (κ2) is 6.00. The van der Waals surface area contributed by atoms with Crippen molar-refractivity contribution in [2.45, 2.75) is 26.8 Å². The molecule has 0 atom stereocenters. The Morgan fingerprint density at radius 3 is 2.76 bits per heavy atom. The zero-order chi connectivity index (χ0) is 14.8. The van der Waals surface area contributed by atoms with Crippen molar-refractivity contribution in [1.82, 2.24) is 14.9 Å². The van der Waals surface area contributed by atoms with Gasteiger partial charge in [-0.15, -0.1) is 11.3 Å². The second-order valence-electron chi connectivity index (χ2n) is 5.43. The summed E-state index contributed by atoms with van der Waals surface area (Å²) in [5.41, 5.74) is 5.25. The molecule has 0 amide bonds. The molecule has 1 N–H and O–H groups in total. The topological polar surface area (TPSA) is 29.9 Å². The van der Waals surface area contributed by atoms with Crippen molar-refractivity contribution in [2.24, 2.45) is 7.05 Å². The highest BCUT2D eigenvalue weighted by Gasteiger charge is 2.10. The molecule has 0 spiro atoms. The lowest BCUT2D eigenvalue weighted by atomic mass is 10.1. The summed E-state index contributed by atoms with van der Waals surface area (Å²) in [5, 5.41) is 8.20. The van der Waals surface area contributed by atoms with E-state index in [1.807, 2.05) is 0 Å². The molecule has 1 aromatic carbocycles. The predicted molar refractivity (Wildman–Crippen MR) is 89.9 cm³/mol. The normalized spacial score (nSPS) is 11.4. The van der Waals surface area contributed by atoms with Crippen LogP contribution >= 0.6 is 11.3 Å². The molecule has 0 aliphatic rings. The summed E-state index contributed by atoms with van der Waals surface area (Å²) >= 11 is 1.72. The van der Waals surface area contributed by atoms with Crippen LogP contribution in [0.5, 0.6) is 0 Å². The van der Waals surface area contributed by atoms with E-state index in [4.69, 9.17) is 0 Å². The fourth-order valence-electron chi connectivity index (χ4n) is 2.83. The number of para-hydroxylation sites is 1. The largest absolute Gasteiger partial charge is 0.346 e. The Balaban J connectivity index is 1.65. The van der Waals surface area contributed by atoms with E-state index in [-0.39, 0.29) is 0 Å². The van der Waals surface area contributed by atoms with Crippen LogP contribution in [0, 0.1) is 13.8 Å². The maximum absolute atomic E-state index is 4.50. The molecular formula is C17H21N3S. The molecule has 0 bridgehead atoms. The minimum absolute atomic E-state index is 0.903. The molecule has 0 saturated carbocycles. The molecule has 0 aliphatic heterocycles. The van der Waals surface area contributed by atoms with E-state index < -0.39 is 0 Å². The van der Waals surface area contributed by atoms with Crippen LogP contribution in [0.2, 0.25) is 0 Å². The summed E-state index contributed by atoms with van der Waals surface area (Å²) < 4.78 is 2.30. The van der Waals surface area contributed by atoms with Gasteiger partial charge in [0, 0.05) is 48.5 Å². The minimum Gasteiger partial charge on any atom is -0.346 e. The molecule has 0 unspecified atom stereocenters. The van der Waals surface area contributed by atoms with E-state index in [2.05, 4.69) is 65.4 Å². The van der Waals surface area contributed by atoms with Crippen molar-refractivity contribution in [3.8, 4) is 0 Å². The van der Waals surface area contributed by atoms with Gasteiger partial charge in [-0.1, -0.05) is 18.2 Å². The third-order valence-corrected chi connectivity index (χ3v) is 4.85. The monoisotopic (exact) mass is 299 g/mol. The third kappa shape index (κ3) is 2.87. The molecule has 0 fully saturated rings. The summed E-state index contributed by atoms with van der Waals surface area (Å²) in [5.74, 6) is 0. The van der Waals surface area contributed by atoms with Crippen LogP contribution in [-0.2, 0) is 20.0 Å². The zero-order valence-corrected chi connectivity index (χ0v) is 13.6. The Bertz CT molecular complexity index is 716. The summed E-state index contributed by atoms with van der Waals surface area (Å²) in [7, 11) is 2.15. The van der Waals surface area contributed by atoms with Gasteiger partial charge in [0.15, 0.2) is 0 Å². The van der Waals surface area contributed by atoms with Crippen LogP contribution in [0.15, 0.2) is 29.6 Å². The molecule has 3 nitrogen and oxygen atoms in total. The number of hydrogen-bond acceptors (Lipinski definition) is 3. The van der Waals surface area contributed by atoms with Crippen LogP contribution in [0.1, 0.15) is 22.0 Å². The first kappa shape index (κ1) is 14.3. The Morgan fingerprint density at radius 2 is 2.05 bits per heavy atom. The Kier molecular flexibility index (Phi) is 4.08. The highest BCUT2D eigenvalue weighted by molar-refractivity contribution is 7.09. The van der Waals surface area contributed by atoms with Crippen LogP contribution in [0.4, 0.5) is 0 Å². The van der Waals surface area contributed by atoms with E-state index in [0.717, 1.165) is 24.5 Å². The summed E-state index contributed by atoms with van der Waals surface area (Å²) in [4.78, 5) is 4.50. The minimum atomic E-state index is 0.903. The number of fused-ring (bicyclic) bond motifs is 1. The van der Waals surface area contributed by atoms with Gasteiger partial charge < -0.3 is 9.88 Å². The van der Waals surface area contributed by atoms with Crippen molar-refractivity contribution < 1.29 is 0 Å². The van der Waals surface area contributed by atoms with E-state index in [1.54, 1.807) is 11.3 Å². The highest BCUT2D eigenvalue weighted by atomic mass is 32.1. The molecule has 0 radical (unpaired) electrons. The molecular weight excluding hydrogens is 278 g/mol. The molecule has 110 valence electrons. The molecule has 3 rings (SSSR count). The number of thiazole rings is 1. The maximum Gasteiger partial charge on any atom is 0.0897 e. The van der Waals surface area contributed by atoms with Crippen LogP contribution in [0.3, 0.4) is 0 Å². The van der Waals surface area contributed by atoms with Crippen molar-refractivity contribution >= 4 is 22.2 Å². The SMILES string of the molecule is Cc1nc(CCNCc2c(C)c3ccccc3n2C)cs1. The molecule has 3 aromatic rings. The Hall–Kier alpha value is -1.65. The van der Waals surface area contributed by atoms with Crippen molar-refractivity contribution in [1.29, 1.82) is 0 Å². The maximum atomic E-state index is 4.50. The van der Waals surface area contributed by atoms with Crippen molar-refractivity contribution in [3.63, 3.8) is 0 Å². The number of rotatable bonds is 5. The number of hydrogen-bond donors (Lipinski definition) is 1. The fraction of sp³-hybridized carbons (Fsp3) is 0.353.